The maximum atomic E-state index is 12.8. The van der Waals surface area contributed by atoms with Gasteiger partial charge in [-0.2, -0.15) is 0 Å². The van der Waals surface area contributed by atoms with E-state index >= 15 is 0 Å². The number of methoxy groups -OCH3 is 2. The van der Waals surface area contributed by atoms with Gasteiger partial charge in [0.15, 0.2) is 5.37 Å². The maximum Gasteiger partial charge on any atom is 0.250 e. The Balaban J connectivity index is 1.72. The van der Waals surface area contributed by atoms with E-state index in [2.05, 4.69) is 20.9 Å². The predicted molar refractivity (Wildman–Crippen MR) is 111 cm³/mol. The first-order valence-corrected chi connectivity index (χ1v) is 10.5. The Hall–Kier alpha value is -2.53. The number of benzene rings is 2. The van der Waals surface area contributed by atoms with Crippen molar-refractivity contribution in [1.82, 2.24) is 10.9 Å². The number of hydrogen-bond acceptors (Lipinski definition) is 7. The molecule has 3 rings (SSSR count). The standard InChI is InChI=1S/C18H21ClN4O5S/c1-27-13-6-3-11(4-7-13)23-29(25,26)18-14(10-20-22-18)17(24)21-12-5-8-16(28-2)15(19)9-12/h3-9,14,18,20,22-23H,10H2,1-2H3,(H,21,24). The lowest BCUT2D eigenvalue weighted by molar-refractivity contribution is -0.119. The van der Waals surface area contributed by atoms with Crippen molar-refractivity contribution in [2.24, 2.45) is 5.92 Å². The van der Waals surface area contributed by atoms with E-state index in [-0.39, 0.29) is 6.54 Å². The third-order valence-corrected chi connectivity index (χ3v) is 6.30. The van der Waals surface area contributed by atoms with E-state index in [0.29, 0.717) is 27.9 Å². The fourth-order valence-electron chi connectivity index (χ4n) is 2.87. The highest BCUT2D eigenvalue weighted by Crippen LogP contribution is 2.28. The van der Waals surface area contributed by atoms with Gasteiger partial charge in [-0.25, -0.2) is 13.8 Å². The lowest BCUT2D eigenvalue weighted by Crippen LogP contribution is -2.45. The van der Waals surface area contributed by atoms with Gasteiger partial charge in [0.2, 0.25) is 5.91 Å². The van der Waals surface area contributed by atoms with Gasteiger partial charge in [-0.05, 0) is 42.5 Å². The molecule has 1 aliphatic heterocycles. The molecule has 9 nitrogen and oxygen atoms in total. The van der Waals surface area contributed by atoms with E-state index in [1.807, 2.05) is 0 Å². The number of rotatable bonds is 7. The van der Waals surface area contributed by atoms with Crippen molar-refractivity contribution in [3.63, 3.8) is 0 Å². The third-order valence-electron chi connectivity index (χ3n) is 4.37. The number of sulfonamides is 1. The van der Waals surface area contributed by atoms with Crippen molar-refractivity contribution in [1.29, 1.82) is 0 Å². The van der Waals surface area contributed by atoms with Crippen LogP contribution in [0.4, 0.5) is 11.4 Å². The van der Waals surface area contributed by atoms with Crippen molar-refractivity contribution in [2.75, 3.05) is 30.8 Å². The zero-order valence-electron chi connectivity index (χ0n) is 15.7. The molecule has 29 heavy (non-hydrogen) atoms. The fraction of sp³-hybridized carbons (Fsp3) is 0.278. The van der Waals surface area contributed by atoms with E-state index in [1.165, 1.54) is 20.3 Å². The molecule has 0 radical (unpaired) electrons. The van der Waals surface area contributed by atoms with Gasteiger partial charge < -0.3 is 14.8 Å². The molecule has 0 bridgehead atoms. The molecular formula is C18H21ClN4O5S. The number of hydrogen-bond donors (Lipinski definition) is 4. The highest BCUT2D eigenvalue weighted by Gasteiger charge is 2.42. The molecule has 156 valence electrons. The van der Waals surface area contributed by atoms with Gasteiger partial charge in [-0.1, -0.05) is 11.6 Å². The second kappa shape index (κ2) is 8.87. The van der Waals surface area contributed by atoms with Gasteiger partial charge >= 0.3 is 0 Å². The van der Waals surface area contributed by atoms with Gasteiger partial charge in [-0.3, -0.25) is 14.9 Å². The molecule has 1 amide bonds. The third kappa shape index (κ3) is 4.91. The Morgan fingerprint density at radius 2 is 1.79 bits per heavy atom. The molecule has 1 saturated heterocycles. The van der Waals surface area contributed by atoms with Crippen molar-refractivity contribution in [3.8, 4) is 11.5 Å². The number of amides is 1. The topological polar surface area (TPSA) is 118 Å². The number of ether oxygens (including phenoxy) is 2. The Morgan fingerprint density at radius 3 is 2.41 bits per heavy atom. The molecule has 11 heteroatoms. The molecule has 0 aliphatic carbocycles. The number of halogens is 1. The molecule has 2 aromatic carbocycles. The van der Waals surface area contributed by atoms with E-state index in [1.54, 1.807) is 36.4 Å². The van der Waals surface area contributed by atoms with E-state index in [4.69, 9.17) is 21.1 Å². The summed E-state index contributed by atoms with van der Waals surface area (Å²) in [6.07, 6.45) is 0. The summed E-state index contributed by atoms with van der Waals surface area (Å²) in [6.45, 7) is 0.143. The van der Waals surface area contributed by atoms with Crippen LogP contribution in [-0.2, 0) is 14.8 Å². The number of carbonyl (C=O) groups is 1. The van der Waals surface area contributed by atoms with Gasteiger partial charge in [-0.15, -0.1) is 0 Å². The summed E-state index contributed by atoms with van der Waals surface area (Å²) in [7, 11) is -0.902. The van der Waals surface area contributed by atoms with Crippen molar-refractivity contribution >= 4 is 38.9 Å². The summed E-state index contributed by atoms with van der Waals surface area (Å²) < 4.78 is 38.2. The van der Waals surface area contributed by atoms with E-state index < -0.39 is 27.2 Å². The number of nitrogens with one attached hydrogen (secondary N) is 4. The van der Waals surface area contributed by atoms with Crippen molar-refractivity contribution in [2.45, 2.75) is 5.37 Å². The second-order valence-electron chi connectivity index (χ2n) is 6.27. The molecule has 2 atom stereocenters. The van der Waals surface area contributed by atoms with Gasteiger partial charge in [0.1, 0.15) is 11.5 Å². The maximum absolute atomic E-state index is 12.8. The molecule has 1 aliphatic rings. The van der Waals surface area contributed by atoms with Crippen LogP contribution in [-0.4, -0.2) is 40.5 Å². The quantitative estimate of drug-likeness (QED) is 0.518. The summed E-state index contributed by atoms with van der Waals surface area (Å²) in [6, 6.07) is 11.2. The normalized spacial score (nSPS) is 18.9. The fourth-order valence-corrected chi connectivity index (χ4v) is 4.61. The molecule has 2 aromatic rings. The molecule has 4 N–H and O–H groups in total. The Labute approximate surface area is 173 Å². The van der Waals surface area contributed by atoms with Crippen LogP contribution in [0.3, 0.4) is 0 Å². The highest BCUT2D eigenvalue weighted by molar-refractivity contribution is 7.93. The van der Waals surface area contributed by atoms with Gasteiger partial charge in [0.25, 0.3) is 10.0 Å². The molecule has 0 spiro atoms. The first kappa shape index (κ1) is 21.2. The van der Waals surface area contributed by atoms with Crippen LogP contribution in [0.5, 0.6) is 11.5 Å². The first-order valence-electron chi connectivity index (χ1n) is 8.62. The highest BCUT2D eigenvalue weighted by atomic mass is 35.5. The minimum Gasteiger partial charge on any atom is -0.497 e. The number of hydrazine groups is 1. The van der Waals surface area contributed by atoms with E-state index in [0.717, 1.165) is 0 Å². The van der Waals surface area contributed by atoms with Crippen molar-refractivity contribution in [3.05, 3.63) is 47.5 Å². The van der Waals surface area contributed by atoms with Gasteiger partial charge in [0.05, 0.1) is 25.2 Å². The summed E-state index contributed by atoms with van der Waals surface area (Å²) in [5.41, 5.74) is 6.19. The minimum atomic E-state index is -3.91. The smallest absolute Gasteiger partial charge is 0.250 e. The monoisotopic (exact) mass is 440 g/mol. The van der Waals surface area contributed by atoms with Crippen LogP contribution < -0.4 is 30.4 Å². The van der Waals surface area contributed by atoms with Crippen LogP contribution in [0.15, 0.2) is 42.5 Å². The van der Waals surface area contributed by atoms with Crippen molar-refractivity contribution < 1.29 is 22.7 Å². The largest absolute Gasteiger partial charge is 0.497 e. The molecule has 0 aromatic heterocycles. The molecule has 1 fully saturated rings. The Morgan fingerprint density at radius 1 is 1.10 bits per heavy atom. The SMILES string of the molecule is COc1ccc(NS(=O)(=O)C2NNCC2C(=O)Nc2ccc(OC)c(Cl)c2)cc1. The summed E-state index contributed by atoms with van der Waals surface area (Å²) in [5, 5.41) is 1.85. The van der Waals surface area contributed by atoms with E-state index in [9.17, 15) is 13.2 Å². The Kier molecular flexibility index (Phi) is 6.48. The molecule has 1 heterocycles. The van der Waals surface area contributed by atoms with Crippen LogP contribution in [0.25, 0.3) is 0 Å². The van der Waals surface area contributed by atoms with Crippen LogP contribution in [0.1, 0.15) is 0 Å². The number of carbonyl (C=O) groups excluding carboxylic acids is 1. The van der Waals surface area contributed by atoms with Crippen LogP contribution >= 0.6 is 11.6 Å². The Bertz CT molecular complexity index is 984. The van der Waals surface area contributed by atoms with Crippen LogP contribution in [0.2, 0.25) is 5.02 Å². The lowest BCUT2D eigenvalue weighted by atomic mass is 10.1. The zero-order chi connectivity index (χ0) is 21.0. The first-order chi connectivity index (χ1) is 13.8. The second-order valence-corrected chi connectivity index (χ2v) is 8.48. The minimum absolute atomic E-state index is 0.143. The number of anilines is 2. The summed E-state index contributed by atoms with van der Waals surface area (Å²) in [4.78, 5) is 12.7. The van der Waals surface area contributed by atoms with Crippen LogP contribution in [0, 0.1) is 5.92 Å². The molecular weight excluding hydrogens is 420 g/mol. The summed E-state index contributed by atoms with van der Waals surface area (Å²) >= 11 is 6.07. The summed E-state index contributed by atoms with van der Waals surface area (Å²) in [5.74, 6) is -0.262. The molecule has 2 unspecified atom stereocenters. The molecule has 0 saturated carbocycles. The predicted octanol–water partition coefficient (Wildman–Crippen LogP) is 1.79. The lowest BCUT2D eigenvalue weighted by Gasteiger charge is -2.20. The zero-order valence-corrected chi connectivity index (χ0v) is 17.3. The average Bonchev–Trinajstić information content (AvgIpc) is 3.20. The van der Waals surface area contributed by atoms with Gasteiger partial charge in [0, 0.05) is 17.9 Å². The average molecular weight is 441 g/mol.